The second-order valence-corrected chi connectivity index (χ2v) is 16.2. The number of alkyl halides is 1. The third kappa shape index (κ3) is 6.06. The lowest BCUT2D eigenvalue weighted by Gasteiger charge is -2.56. The molecule has 3 N–H and O–H groups in total. The fourth-order valence-corrected chi connectivity index (χ4v) is 7.82. The first-order valence-corrected chi connectivity index (χ1v) is 16.1. The van der Waals surface area contributed by atoms with Crippen molar-refractivity contribution in [3.63, 3.8) is 0 Å². The van der Waals surface area contributed by atoms with Gasteiger partial charge < -0.3 is 34.3 Å². The molecule has 4 unspecified atom stereocenters. The van der Waals surface area contributed by atoms with Crippen LogP contribution in [0, 0.1) is 12.3 Å². The summed E-state index contributed by atoms with van der Waals surface area (Å²) in [5.74, 6) is 2.57. The maximum Gasteiger partial charge on any atom is 0.153 e. The summed E-state index contributed by atoms with van der Waals surface area (Å²) in [5.41, 5.74) is -5.95. The molecule has 4 heterocycles. The second kappa shape index (κ2) is 10.7. The molecule has 0 aliphatic carbocycles. The zero-order valence-electron chi connectivity index (χ0n) is 25.9. The van der Waals surface area contributed by atoms with Crippen LogP contribution in [0.3, 0.4) is 0 Å². The fourth-order valence-electron chi connectivity index (χ4n) is 7.50. The number of hydrogen-bond donors (Lipinski definition) is 3. The minimum atomic E-state index is -1.59. The quantitative estimate of drug-likeness (QED) is 0.264. The maximum absolute atomic E-state index is 11.6. The van der Waals surface area contributed by atoms with Crippen molar-refractivity contribution >= 4 is 15.9 Å². The van der Waals surface area contributed by atoms with E-state index in [0.29, 0.717) is 24.1 Å². The first-order chi connectivity index (χ1) is 18.2. The van der Waals surface area contributed by atoms with E-state index in [1.54, 1.807) is 20.8 Å². The van der Waals surface area contributed by atoms with Crippen LogP contribution in [0.1, 0.15) is 120 Å². The van der Waals surface area contributed by atoms with E-state index in [1.807, 2.05) is 6.92 Å². The van der Waals surface area contributed by atoms with Crippen LogP contribution < -0.4 is 0 Å². The third-order valence-electron chi connectivity index (χ3n) is 10.7. The van der Waals surface area contributed by atoms with Crippen molar-refractivity contribution in [3.8, 4) is 12.3 Å². The molecule has 4 rings (SSSR count). The number of aliphatic hydroxyl groups is 3. The SMILES string of the molecule is C#CC(O)(CC[C@](C)(O)[C@H]1CC[C@H]2O[C@@H](C3(C)CCC(Br)C(C)(C)O3)CCC2(C)O1)[C@@]1(C)CC[C@H](C(C)(C)O)O1. The summed E-state index contributed by atoms with van der Waals surface area (Å²) in [7, 11) is 0. The number of hydrogen-bond acceptors (Lipinski definition) is 7. The lowest BCUT2D eigenvalue weighted by Crippen LogP contribution is -2.63. The molecule has 0 saturated carbocycles. The van der Waals surface area contributed by atoms with Gasteiger partial charge in [-0.15, -0.1) is 6.42 Å². The lowest BCUT2D eigenvalue weighted by molar-refractivity contribution is -0.302. The molecule has 4 aliphatic rings. The van der Waals surface area contributed by atoms with Crippen molar-refractivity contribution in [2.45, 2.75) is 188 Å². The normalized spacial score (nSPS) is 45.1. The van der Waals surface area contributed by atoms with E-state index in [9.17, 15) is 15.3 Å². The van der Waals surface area contributed by atoms with E-state index in [-0.39, 0.29) is 36.3 Å². The molecule has 0 radical (unpaired) electrons. The molecule has 0 bridgehead atoms. The topological polar surface area (TPSA) is 97.6 Å². The van der Waals surface area contributed by atoms with Gasteiger partial charge in [0.2, 0.25) is 0 Å². The Labute approximate surface area is 250 Å². The monoisotopic (exact) mass is 628 g/mol. The van der Waals surface area contributed by atoms with Gasteiger partial charge in [0, 0.05) is 4.83 Å². The predicted molar refractivity (Wildman–Crippen MR) is 158 cm³/mol. The summed E-state index contributed by atoms with van der Waals surface area (Å²) in [5, 5.41) is 33.6. The molecular weight excluding hydrogens is 576 g/mol. The first-order valence-electron chi connectivity index (χ1n) is 15.2. The summed E-state index contributed by atoms with van der Waals surface area (Å²) in [6.07, 6.45) is 11.6. The van der Waals surface area contributed by atoms with Gasteiger partial charge in [-0.05, 0) is 120 Å². The van der Waals surface area contributed by atoms with Crippen molar-refractivity contribution < 1.29 is 34.3 Å². The Hall–Kier alpha value is -0.240. The van der Waals surface area contributed by atoms with Gasteiger partial charge >= 0.3 is 0 Å². The van der Waals surface area contributed by atoms with E-state index in [2.05, 4.69) is 49.5 Å². The van der Waals surface area contributed by atoms with Gasteiger partial charge in [0.05, 0.1) is 52.4 Å². The zero-order chi connectivity index (χ0) is 30.0. The van der Waals surface area contributed by atoms with E-state index < -0.39 is 40.2 Å². The average molecular weight is 630 g/mol. The summed E-state index contributed by atoms with van der Waals surface area (Å²) in [6, 6.07) is 0. The molecule has 8 heteroatoms. The highest BCUT2D eigenvalue weighted by Crippen LogP contribution is 2.50. The maximum atomic E-state index is 11.6. The van der Waals surface area contributed by atoms with Crippen LogP contribution >= 0.6 is 15.9 Å². The Kier molecular flexibility index (Phi) is 8.77. The van der Waals surface area contributed by atoms with E-state index in [1.165, 1.54) is 0 Å². The molecule has 40 heavy (non-hydrogen) atoms. The van der Waals surface area contributed by atoms with Gasteiger partial charge in [0.15, 0.2) is 5.60 Å². The Morgan fingerprint density at radius 2 is 1.43 bits per heavy atom. The number of fused-ring (bicyclic) bond motifs is 1. The summed E-state index contributed by atoms with van der Waals surface area (Å²) >= 11 is 3.78. The highest BCUT2D eigenvalue weighted by molar-refractivity contribution is 9.09. The number of rotatable bonds is 7. The van der Waals surface area contributed by atoms with Crippen LogP contribution in [0.4, 0.5) is 0 Å². The lowest BCUT2D eigenvalue weighted by atomic mass is 9.74. The van der Waals surface area contributed by atoms with E-state index in [4.69, 9.17) is 25.4 Å². The average Bonchev–Trinajstić information content (AvgIpc) is 3.28. The highest BCUT2D eigenvalue weighted by Gasteiger charge is 2.57. The van der Waals surface area contributed by atoms with Crippen LogP contribution in [0.5, 0.6) is 0 Å². The molecule has 4 fully saturated rings. The van der Waals surface area contributed by atoms with Gasteiger partial charge in [0.25, 0.3) is 0 Å². The second-order valence-electron chi connectivity index (χ2n) is 15.1. The highest BCUT2D eigenvalue weighted by atomic mass is 79.9. The van der Waals surface area contributed by atoms with E-state index >= 15 is 0 Å². The molecule has 0 aromatic heterocycles. The molecule has 0 aromatic carbocycles. The van der Waals surface area contributed by atoms with Gasteiger partial charge in [0.1, 0.15) is 5.60 Å². The molecule has 7 nitrogen and oxygen atoms in total. The molecule has 4 aliphatic heterocycles. The summed E-state index contributed by atoms with van der Waals surface area (Å²) in [4.78, 5) is 0.320. The van der Waals surface area contributed by atoms with Gasteiger partial charge in [-0.25, -0.2) is 0 Å². The third-order valence-corrected chi connectivity index (χ3v) is 12.3. The predicted octanol–water partition coefficient (Wildman–Crippen LogP) is 5.19. The molecule has 0 aromatic rings. The molecule has 0 amide bonds. The van der Waals surface area contributed by atoms with Crippen LogP contribution in [-0.2, 0) is 18.9 Å². The van der Waals surface area contributed by atoms with Crippen molar-refractivity contribution in [3.05, 3.63) is 0 Å². The van der Waals surface area contributed by atoms with Gasteiger partial charge in [-0.2, -0.15) is 0 Å². The van der Waals surface area contributed by atoms with Crippen LogP contribution in [0.15, 0.2) is 0 Å². The zero-order valence-corrected chi connectivity index (χ0v) is 27.5. The van der Waals surface area contributed by atoms with Crippen LogP contribution in [-0.4, -0.2) is 83.8 Å². The largest absolute Gasteiger partial charge is 0.388 e. The van der Waals surface area contributed by atoms with Crippen molar-refractivity contribution in [1.29, 1.82) is 0 Å². The Morgan fingerprint density at radius 1 is 0.800 bits per heavy atom. The Balaban J connectivity index is 1.38. The molecule has 230 valence electrons. The van der Waals surface area contributed by atoms with Crippen LogP contribution in [0.25, 0.3) is 0 Å². The van der Waals surface area contributed by atoms with Crippen LogP contribution in [0.2, 0.25) is 0 Å². The standard InChI is InChI=1S/C32H53BrO7/c1-10-32(36,31(9)18-15-22(39-31)26(2,3)34)20-19-28(6,35)23-11-12-24-29(7,38-23)17-14-25(37-24)30(8)16-13-21(33)27(4,5)40-30/h1,21-25,34-36H,11-20H2,2-9H3/t21?,22-,23-,24-,25-,28+,29?,30?,31-,32?/m1/s1. The molecule has 4 saturated heterocycles. The molecule has 0 spiro atoms. The number of halogens is 1. The molecular formula is C32H53BrO7. The first kappa shape index (κ1) is 32.7. The van der Waals surface area contributed by atoms with Gasteiger partial charge in [-0.3, -0.25) is 0 Å². The smallest absolute Gasteiger partial charge is 0.153 e. The summed E-state index contributed by atoms with van der Waals surface area (Å²) in [6.45, 7) is 15.6. The van der Waals surface area contributed by atoms with E-state index in [0.717, 1.165) is 32.1 Å². The fraction of sp³-hybridized carbons (Fsp3) is 0.938. The van der Waals surface area contributed by atoms with Crippen molar-refractivity contribution in [2.75, 3.05) is 0 Å². The summed E-state index contributed by atoms with van der Waals surface area (Å²) < 4.78 is 26.2. The van der Waals surface area contributed by atoms with Crippen molar-refractivity contribution in [1.82, 2.24) is 0 Å². The Bertz CT molecular complexity index is 971. The number of terminal acetylenes is 1. The number of ether oxygens (including phenoxy) is 4. The Morgan fingerprint density at radius 3 is 2.00 bits per heavy atom. The minimum absolute atomic E-state index is 0.00368. The van der Waals surface area contributed by atoms with Gasteiger partial charge in [-0.1, -0.05) is 21.9 Å². The van der Waals surface area contributed by atoms with Crippen molar-refractivity contribution in [2.24, 2.45) is 0 Å². The molecule has 10 atom stereocenters. The minimum Gasteiger partial charge on any atom is -0.388 e.